The molecule has 0 aliphatic carbocycles. The summed E-state index contributed by atoms with van der Waals surface area (Å²) < 4.78 is 6.16. The van der Waals surface area contributed by atoms with Gasteiger partial charge in [-0.3, -0.25) is 0 Å². The number of hydrogen-bond donors (Lipinski definition) is 2. The van der Waals surface area contributed by atoms with Gasteiger partial charge >= 0.3 is 5.97 Å². The first-order valence-electron chi connectivity index (χ1n) is 6.21. The second kappa shape index (κ2) is 5.41. The number of thiazole rings is 1. The van der Waals surface area contributed by atoms with Crippen molar-refractivity contribution in [2.24, 2.45) is 0 Å². The normalized spacial score (nSPS) is 10.5. The number of nitrogens with one attached hydrogen (secondary N) is 1. The summed E-state index contributed by atoms with van der Waals surface area (Å²) in [4.78, 5) is 15.6. The molecule has 2 aromatic carbocycles. The van der Waals surface area contributed by atoms with E-state index < -0.39 is 5.97 Å². The Morgan fingerprint density at radius 2 is 2.10 bits per heavy atom. The van der Waals surface area contributed by atoms with E-state index in [1.54, 1.807) is 31.4 Å². The fourth-order valence-corrected chi connectivity index (χ4v) is 2.89. The molecule has 0 amide bonds. The fraction of sp³-hybridized carbons (Fsp3) is 0.0667. The molecule has 1 aromatic heterocycles. The van der Waals surface area contributed by atoms with Gasteiger partial charge in [-0.2, -0.15) is 0 Å². The van der Waals surface area contributed by atoms with Crippen LogP contribution in [0.25, 0.3) is 10.2 Å². The number of anilines is 2. The van der Waals surface area contributed by atoms with Crippen molar-refractivity contribution in [1.29, 1.82) is 0 Å². The van der Waals surface area contributed by atoms with E-state index in [1.807, 2.05) is 18.2 Å². The molecule has 21 heavy (non-hydrogen) atoms. The lowest BCUT2D eigenvalue weighted by Gasteiger charge is -2.05. The first-order chi connectivity index (χ1) is 10.2. The summed E-state index contributed by atoms with van der Waals surface area (Å²) in [7, 11) is 1.62. The highest BCUT2D eigenvalue weighted by atomic mass is 32.1. The number of methoxy groups -OCH3 is 1. The number of rotatable bonds is 4. The van der Waals surface area contributed by atoms with Gasteiger partial charge in [-0.15, -0.1) is 0 Å². The quantitative estimate of drug-likeness (QED) is 0.768. The van der Waals surface area contributed by atoms with E-state index in [9.17, 15) is 9.90 Å². The van der Waals surface area contributed by atoms with Crippen LogP contribution in [0.1, 0.15) is 10.4 Å². The Balaban J connectivity index is 1.97. The van der Waals surface area contributed by atoms with Gasteiger partial charge in [0.25, 0.3) is 0 Å². The van der Waals surface area contributed by atoms with Gasteiger partial charge in [0, 0.05) is 0 Å². The minimum Gasteiger partial charge on any atom is -0.497 e. The first-order valence-corrected chi connectivity index (χ1v) is 7.03. The average Bonchev–Trinajstić information content (AvgIpc) is 2.88. The van der Waals surface area contributed by atoms with Crippen LogP contribution in [0.15, 0.2) is 42.5 Å². The summed E-state index contributed by atoms with van der Waals surface area (Å²) in [6, 6.07) is 12.4. The van der Waals surface area contributed by atoms with Crippen LogP contribution < -0.4 is 10.1 Å². The maximum atomic E-state index is 11.2. The highest BCUT2D eigenvalue weighted by Crippen LogP contribution is 2.31. The summed E-state index contributed by atoms with van der Waals surface area (Å²) in [5.41, 5.74) is 1.58. The molecule has 3 aromatic rings. The maximum absolute atomic E-state index is 11.2. The van der Waals surface area contributed by atoms with Crippen molar-refractivity contribution in [3.05, 3.63) is 48.0 Å². The molecule has 0 radical (unpaired) electrons. The number of nitrogens with zero attached hydrogens (tertiary/aromatic N) is 1. The van der Waals surface area contributed by atoms with Gasteiger partial charge in [0.05, 0.1) is 28.6 Å². The third kappa shape index (κ3) is 2.66. The number of para-hydroxylation sites is 1. The molecule has 0 atom stereocenters. The predicted molar refractivity (Wildman–Crippen MR) is 82.9 cm³/mol. The number of aromatic carboxylic acids is 1. The van der Waals surface area contributed by atoms with Crippen LogP contribution in [0, 0.1) is 0 Å². The third-order valence-corrected chi connectivity index (χ3v) is 3.93. The van der Waals surface area contributed by atoms with Crippen molar-refractivity contribution in [3.63, 3.8) is 0 Å². The van der Waals surface area contributed by atoms with Crippen molar-refractivity contribution in [2.45, 2.75) is 0 Å². The average molecular weight is 300 g/mol. The summed E-state index contributed by atoms with van der Waals surface area (Å²) >= 11 is 1.45. The number of hydrogen-bond acceptors (Lipinski definition) is 5. The fourth-order valence-electron chi connectivity index (χ4n) is 1.98. The summed E-state index contributed by atoms with van der Waals surface area (Å²) in [6.07, 6.45) is 0. The lowest BCUT2D eigenvalue weighted by atomic mass is 10.2. The molecule has 6 heteroatoms. The van der Waals surface area contributed by atoms with E-state index in [4.69, 9.17) is 4.74 Å². The highest BCUT2D eigenvalue weighted by molar-refractivity contribution is 7.22. The van der Waals surface area contributed by atoms with Crippen molar-refractivity contribution in [2.75, 3.05) is 12.4 Å². The molecule has 0 aliphatic heterocycles. The van der Waals surface area contributed by atoms with E-state index in [1.165, 1.54) is 11.3 Å². The number of carboxylic acid groups (broad SMARTS) is 1. The van der Waals surface area contributed by atoms with Crippen LogP contribution in [0.5, 0.6) is 5.75 Å². The number of aromatic nitrogens is 1. The number of benzene rings is 2. The van der Waals surface area contributed by atoms with E-state index in [0.717, 1.165) is 16.0 Å². The van der Waals surface area contributed by atoms with Gasteiger partial charge in [-0.1, -0.05) is 23.5 Å². The molecular weight excluding hydrogens is 288 g/mol. The zero-order valence-corrected chi connectivity index (χ0v) is 12.0. The van der Waals surface area contributed by atoms with Gasteiger partial charge in [-0.05, 0) is 30.3 Å². The largest absolute Gasteiger partial charge is 0.497 e. The number of carboxylic acids is 1. The van der Waals surface area contributed by atoms with Crippen LogP contribution >= 0.6 is 11.3 Å². The molecule has 5 nitrogen and oxygen atoms in total. The lowest BCUT2D eigenvalue weighted by molar-refractivity contribution is 0.0698. The minimum absolute atomic E-state index is 0.217. The van der Waals surface area contributed by atoms with Crippen LogP contribution in [-0.2, 0) is 0 Å². The molecule has 0 aliphatic rings. The molecule has 0 unspecified atom stereocenters. The Morgan fingerprint density at radius 3 is 2.86 bits per heavy atom. The molecule has 0 bridgehead atoms. The Kier molecular flexibility index (Phi) is 3.45. The molecule has 1 heterocycles. The minimum atomic E-state index is -0.971. The van der Waals surface area contributed by atoms with Crippen molar-refractivity contribution < 1.29 is 14.6 Å². The number of fused-ring (bicyclic) bond motifs is 1. The van der Waals surface area contributed by atoms with Gasteiger partial charge in [-0.25, -0.2) is 9.78 Å². The van der Waals surface area contributed by atoms with Crippen LogP contribution in [0.3, 0.4) is 0 Å². The van der Waals surface area contributed by atoms with Crippen LogP contribution in [0.4, 0.5) is 10.8 Å². The zero-order chi connectivity index (χ0) is 14.8. The smallest absolute Gasteiger partial charge is 0.337 e. The Hall–Kier alpha value is -2.60. The predicted octanol–water partition coefficient (Wildman–Crippen LogP) is 3.75. The number of carbonyl (C=O) groups is 1. The Bertz CT molecular complexity index is 814. The molecule has 3 rings (SSSR count). The van der Waals surface area contributed by atoms with E-state index in [0.29, 0.717) is 10.8 Å². The van der Waals surface area contributed by atoms with E-state index in [-0.39, 0.29) is 5.56 Å². The molecule has 0 fully saturated rings. The molecule has 0 saturated heterocycles. The Labute approximate surface area is 124 Å². The van der Waals surface area contributed by atoms with E-state index >= 15 is 0 Å². The first kappa shape index (κ1) is 13.4. The zero-order valence-electron chi connectivity index (χ0n) is 11.2. The van der Waals surface area contributed by atoms with Crippen LogP contribution in [0.2, 0.25) is 0 Å². The second-order valence-corrected chi connectivity index (χ2v) is 5.36. The number of ether oxygens (including phenoxy) is 1. The molecule has 2 N–H and O–H groups in total. The van der Waals surface area contributed by atoms with Crippen LogP contribution in [-0.4, -0.2) is 23.2 Å². The molecule has 0 spiro atoms. The summed E-state index contributed by atoms with van der Waals surface area (Å²) in [5.74, 6) is -0.204. The summed E-state index contributed by atoms with van der Waals surface area (Å²) in [5, 5.41) is 12.9. The van der Waals surface area contributed by atoms with Gasteiger partial charge in [0.15, 0.2) is 5.13 Å². The van der Waals surface area contributed by atoms with Crippen molar-refractivity contribution >= 4 is 38.3 Å². The van der Waals surface area contributed by atoms with E-state index in [2.05, 4.69) is 10.3 Å². The highest BCUT2D eigenvalue weighted by Gasteiger charge is 2.11. The van der Waals surface area contributed by atoms with Crippen molar-refractivity contribution in [3.8, 4) is 5.75 Å². The summed E-state index contributed by atoms with van der Waals surface area (Å²) in [6.45, 7) is 0. The monoisotopic (exact) mass is 300 g/mol. The lowest BCUT2D eigenvalue weighted by Crippen LogP contribution is -2.01. The van der Waals surface area contributed by atoms with Crippen molar-refractivity contribution in [1.82, 2.24) is 4.98 Å². The van der Waals surface area contributed by atoms with Gasteiger partial charge in [0.1, 0.15) is 5.75 Å². The maximum Gasteiger partial charge on any atom is 0.337 e. The molecular formula is C15H12N2O3S. The second-order valence-electron chi connectivity index (χ2n) is 4.33. The van der Waals surface area contributed by atoms with Gasteiger partial charge in [0.2, 0.25) is 0 Å². The topological polar surface area (TPSA) is 71.5 Å². The molecule has 0 saturated carbocycles. The molecule has 106 valence electrons. The SMILES string of the molecule is COc1ccc2nc(Nc3ccccc3C(=O)O)sc2c1. The Morgan fingerprint density at radius 1 is 1.29 bits per heavy atom. The standard InChI is InChI=1S/C15H12N2O3S/c1-20-9-6-7-12-13(8-9)21-15(17-12)16-11-5-3-2-4-10(11)14(18)19/h2-8H,1H3,(H,16,17)(H,18,19). The third-order valence-electron chi connectivity index (χ3n) is 2.99. The van der Waals surface area contributed by atoms with Gasteiger partial charge < -0.3 is 15.2 Å².